The molecule has 3 rings (SSSR count). The van der Waals surface area contributed by atoms with Crippen LogP contribution in [0.25, 0.3) is 0 Å². The number of thiophene rings is 2. The number of hydrogen-bond acceptors (Lipinski definition) is 3. The molecule has 1 aromatic carbocycles. The fourth-order valence-corrected chi connectivity index (χ4v) is 4.15. The van der Waals surface area contributed by atoms with Gasteiger partial charge in [-0.1, -0.05) is 33.6 Å². The molecule has 1 amide bonds. The first-order valence-corrected chi connectivity index (χ1v) is 9.46. The van der Waals surface area contributed by atoms with Gasteiger partial charge in [0.05, 0.1) is 16.6 Å². The Labute approximate surface area is 149 Å². The van der Waals surface area contributed by atoms with Gasteiger partial charge < -0.3 is 5.32 Å². The van der Waals surface area contributed by atoms with Crippen LogP contribution in [0, 0.1) is 0 Å². The SMILES string of the molecule is O=C(N[C@@H](c1ccsc1)c1cccs1)c1cc(Br)ccc1Cl. The number of halogens is 2. The van der Waals surface area contributed by atoms with Gasteiger partial charge in [-0.15, -0.1) is 11.3 Å². The lowest BCUT2D eigenvalue weighted by molar-refractivity contribution is 0.0943. The zero-order chi connectivity index (χ0) is 15.5. The summed E-state index contributed by atoms with van der Waals surface area (Å²) in [5.74, 6) is -0.184. The summed E-state index contributed by atoms with van der Waals surface area (Å²) in [6, 6.07) is 11.1. The molecule has 0 aliphatic heterocycles. The van der Waals surface area contributed by atoms with Crippen LogP contribution in [0.5, 0.6) is 0 Å². The molecule has 2 nitrogen and oxygen atoms in total. The molecule has 0 radical (unpaired) electrons. The normalized spacial score (nSPS) is 12.1. The van der Waals surface area contributed by atoms with Crippen molar-refractivity contribution in [1.82, 2.24) is 5.32 Å². The molecule has 0 bridgehead atoms. The van der Waals surface area contributed by atoms with Crippen molar-refractivity contribution < 1.29 is 4.79 Å². The molecular weight excluding hydrogens is 402 g/mol. The lowest BCUT2D eigenvalue weighted by Gasteiger charge is -2.17. The van der Waals surface area contributed by atoms with E-state index in [0.717, 1.165) is 14.9 Å². The monoisotopic (exact) mass is 411 g/mol. The minimum atomic E-state index is -0.184. The first-order chi connectivity index (χ1) is 10.6. The molecule has 22 heavy (non-hydrogen) atoms. The number of carbonyl (C=O) groups is 1. The van der Waals surface area contributed by atoms with Crippen molar-refractivity contribution >= 4 is 56.1 Å². The highest BCUT2D eigenvalue weighted by Gasteiger charge is 2.20. The van der Waals surface area contributed by atoms with E-state index in [1.807, 2.05) is 40.4 Å². The molecule has 3 aromatic rings. The van der Waals surface area contributed by atoms with Crippen LogP contribution in [-0.4, -0.2) is 5.91 Å². The third kappa shape index (κ3) is 3.43. The lowest BCUT2D eigenvalue weighted by atomic mass is 10.1. The molecule has 0 saturated carbocycles. The van der Waals surface area contributed by atoms with Crippen molar-refractivity contribution in [3.05, 3.63) is 78.0 Å². The Hall–Kier alpha value is -1.14. The maximum atomic E-state index is 12.6. The topological polar surface area (TPSA) is 29.1 Å². The summed E-state index contributed by atoms with van der Waals surface area (Å²) in [7, 11) is 0. The number of amides is 1. The summed E-state index contributed by atoms with van der Waals surface area (Å²) >= 11 is 12.8. The van der Waals surface area contributed by atoms with E-state index >= 15 is 0 Å². The summed E-state index contributed by atoms with van der Waals surface area (Å²) < 4.78 is 0.824. The minimum Gasteiger partial charge on any atom is -0.340 e. The van der Waals surface area contributed by atoms with Crippen LogP contribution < -0.4 is 5.32 Å². The molecule has 0 saturated heterocycles. The summed E-state index contributed by atoms with van der Waals surface area (Å²) in [4.78, 5) is 13.7. The third-order valence-corrected chi connectivity index (χ3v) is 5.61. The molecule has 0 aliphatic rings. The summed E-state index contributed by atoms with van der Waals surface area (Å²) in [6.07, 6.45) is 0. The highest BCUT2D eigenvalue weighted by atomic mass is 79.9. The molecule has 2 aromatic heterocycles. The van der Waals surface area contributed by atoms with Gasteiger partial charge >= 0.3 is 0 Å². The Kier molecular flexibility index (Phi) is 4.98. The molecule has 0 aliphatic carbocycles. The van der Waals surface area contributed by atoms with Gasteiger partial charge in [-0.25, -0.2) is 0 Å². The Bertz CT molecular complexity index is 737. The Morgan fingerprint density at radius 2 is 2.09 bits per heavy atom. The first-order valence-electron chi connectivity index (χ1n) is 6.46. The number of hydrogen-bond donors (Lipinski definition) is 1. The molecule has 0 fully saturated rings. The van der Waals surface area contributed by atoms with Crippen LogP contribution in [0.1, 0.15) is 26.8 Å². The van der Waals surface area contributed by atoms with Crippen molar-refractivity contribution in [2.75, 3.05) is 0 Å². The largest absolute Gasteiger partial charge is 0.340 e. The molecule has 112 valence electrons. The van der Waals surface area contributed by atoms with Gasteiger partial charge in [0.1, 0.15) is 0 Å². The van der Waals surface area contributed by atoms with E-state index in [2.05, 4.69) is 21.2 Å². The fraction of sp³-hybridized carbons (Fsp3) is 0.0625. The Morgan fingerprint density at radius 1 is 1.23 bits per heavy atom. The van der Waals surface area contributed by atoms with Crippen molar-refractivity contribution in [3.8, 4) is 0 Å². The second-order valence-electron chi connectivity index (χ2n) is 4.60. The number of nitrogens with one attached hydrogen (secondary N) is 1. The van der Waals surface area contributed by atoms with Gasteiger partial charge in [0.15, 0.2) is 0 Å². The summed E-state index contributed by atoms with van der Waals surface area (Å²) in [5, 5.41) is 9.58. The summed E-state index contributed by atoms with van der Waals surface area (Å²) in [5.41, 5.74) is 1.54. The van der Waals surface area contributed by atoms with Gasteiger partial charge in [0.2, 0.25) is 0 Å². The molecule has 0 spiro atoms. The van der Waals surface area contributed by atoms with E-state index in [0.29, 0.717) is 10.6 Å². The van der Waals surface area contributed by atoms with Gasteiger partial charge in [-0.3, -0.25) is 4.79 Å². The number of benzene rings is 1. The van der Waals surface area contributed by atoms with E-state index < -0.39 is 0 Å². The number of rotatable bonds is 4. The smallest absolute Gasteiger partial charge is 0.253 e. The predicted molar refractivity (Wildman–Crippen MR) is 97.1 cm³/mol. The third-order valence-electron chi connectivity index (χ3n) is 3.15. The average molecular weight is 413 g/mol. The molecule has 1 N–H and O–H groups in total. The Morgan fingerprint density at radius 3 is 2.77 bits per heavy atom. The van der Waals surface area contributed by atoms with Crippen molar-refractivity contribution in [2.24, 2.45) is 0 Å². The van der Waals surface area contributed by atoms with E-state index in [9.17, 15) is 4.79 Å². The van der Waals surface area contributed by atoms with Gasteiger partial charge in [-0.05, 0) is 52.0 Å². The maximum absolute atomic E-state index is 12.6. The second kappa shape index (κ2) is 6.96. The van der Waals surface area contributed by atoms with Crippen molar-refractivity contribution in [2.45, 2.75) is 6.04 Å². The van der Waals surface area contributed by atoms with Crippen LogP contribution in [0.3, 0.4) is 0 Å². The zero-order valence-electron chi connectivity index (χ0n) is 11.3. The van der Waals surface area contributed by atoms with Gasteiger partial charge in [-0.2, -0.15) is 11.3 Å². The standard InChI is InChI=1S/C16H11BrClNOS2/c17-11-3-4-13(18)12(8-11)16(20)19-15(10-5-7-21-9-10)14-2-1-6-22-14/h1-9,15H,(H,19,20)/t15-/m0/s1. The zero-order valence-corrected chi connectivity index (χ0v) is 15.2. The number of carbonyl (C=O) groups excluding carboxylic acids is 1. The van der Waals surface area contributed by atoms with Crippen molar-refractivity contribution in [1.29, 1.82) is 0 Å². The van der Waals surface area contributed by atoms with Crippen LogP contribution in [0.15, 0.2) is 57.0 Å². The van der Waals surface area contributed by atoms with E-state index in [1.54, 1.807) is 34.8 Å². The van der Waals surface area contributed by atoms with E-state index in [4.69, 9.17) is 11.6 Å². The second-order valence-corrected chi connectivity index (χ2v) is 7.68. The molecule has 1 atom stereocenters. The molecule has 6 heteroatoms. The molecule has 2 heterocycles. The van der Waals surface area contributed by atoms with Gasteiger partial charge in [0.25, 0.3) is 5.91 Å². The average Bonchev–Trinajstić information content (AvgIpc) is 3.20. The first kappa shape index (κ1) is 15.7. The highest BCUT2D eigenvalue weighted by molar-refractivity contribution is 9.10. The van der Waals surface area contributed by atoms with Gasteiger partial charge in [0, 0.05) is 9.35 Å². The minimum absolute atomic E-state index is 0.159. The van der Waals surface area contributed by atoms with Crippen LogP contribution in [0.4, 0.5) is 0 Å². The van der Waals surface area contributed by atoms with Crippen LogP contribution in [-0.2, 0) is 0 Å². The van der Waals surface area contributed by atoms with E-state index in [1.165, 1.54) is 0 Å². The quantitative estimate of drug-likeness (QED) is 0.581. The molecular formula is C16H11BrClNOS2. The maximum Gasteiger partial charge on any atom is 0.253 e. The predicted octanol–water partition coefficient (Wildman–Crippen LogP) is 5.74. The van der Waals surface area contributed by atoms with Crippen molar-refractivity contribution in [3.63, 3.8) is 0 Å². The van der Waals surface area contributed by atoms with Crippen LogP contribution in [0.2, 0.25) is 5.02 Å². The Balaban J connectivity index is 1.91. The highest BCUT2D eigenvalue weighted by Crippen LogP contribution is 2.29. The summed E-state index contributed by atoms with van der Waals surface area (Å²) in [6.45, 7) is 0. The van der Waals surface area contributed by atoms with E-state index in [-0.39, 0.29) is 11.9 Å². The molecule has 0 unspecified atom stereocenters. The lowest BCUT2D eigenvalue weighted by Crippen LogP contribution is -2.28. The fourth-order valence-electron chi connectivity index (χ4n) is 2.09. The van der Waals surface area contributed by atoms with Crippen LogP contribution >= 0.6 is 50.2 Å².